The highest BCUT2D eigenvalue weighted by Crippen LogP contribution is 2.20. The third-order valence-electron chi connectivity index (χ3n) is 2.75. The van der Waals surface area contributed by atoms with Crippen LogP contribution < -0.4 is 11.1 Å². The fraction of sp³-hybridized carbons (Fsp3) is 0.0833. The maximum atomic E-state index is 12.0. The van der Waals surface area contributed by atoms with Crippen molar-refractivity contribution in [1.82, 2.24) is 20.4 Å². The first-order valence-electron chi connectivity index (χ1n) is 5.64. The molecule has 7 nitrogen and oxygen atoms in total. The summed E-state index contributed by atoms with van der Waals surface area (Å²) in [5.74, 6) is 0.171. The van der Waals surface area contributed by atoms with Crippen molar-refractivity contribution in [3.8, 4) is 0 Å². The minimum Gasteiger partial charge on any atom is -0.397 e. The predicted octanol–water partition coefficient (Wildman–Crippen LogP) is 1.06. The molecule has 0 saturated heterocycles. The van der Waals surface area contributed by atoms with E-state index in [-0.39, 0.29) is 12.5 Å². The number of H-pyrrole nitrogens is 1. The van der Waals surface area contributed by atoms with E-state index in [0.717, 1.165) is 10.9 Å². The van der Waals surface area contributed by atoms with Gasteiger partial charge in [0.1, 0.15) is 5.69 Å². The molecule has 0 aliphatic rings. The van der Waals surface area contributed by atoms with E-state index in [0.29, 0.717) is 17.2 Å². The number of hydrogen-bond acceptors (Lipinski definition) is 5. The topological polar surface area (TPSA) is 110 Å². The number of rotatable bonds is 3. The molecule has 1 amide bonds. The number of fused-ring (bicyclic) bond motifs is 1. The van der Waals surface area contributed by atoms with E-state index in [9.17, 15) is 4.79 Å². The minimum absolute atomic E-state index is 0.209. The van der Waals surface area contributed by atoms with Crippen molar-refractivity contribution in [2.24, 2.45) is 0 Å². The number of nitrogens with zero attached hydrogens (tertiary/aromatic N) is 2. The number of anilines is 1. The van der Waals surface area contributed by atoms with Crippen LogP contribution in [-0.4, -0.2) is 21.0 Å². The first kappa shape index (κ1) is 11.3. The second kappa shape index (κ2) is 4.45. The Morgan fingerprint density at radius 2 is 2.37 bits per heavy atom. The second-order valence-electron chi connectivity index (χ2n) is 4.02. The van der Waals surface area contributed by atoms with Crippen molar-refractivity contribution in [2.45, 2.75) is 6.54 Å². The van der Waals surface area contributed by atoms with Crippen LogP contribution in [0.3, 0.4) is 0 Å². The van der Waals surface area contributed by atoms with Crippen molar-refractivity contribution in [1.29, 1.82) is 0 Å². The molecule has 0 aliphatic heterocycles. The van der Waals surface area contributed by atoms with Gasteiger partial charge in [-0.1, -0.05) is 17.3 Å². The van der Waals surface area contributed by atoms with Gasteiger partial charge >= 0.3 is 0 Å². The van der Waals surface area contributed by atoms with Crippen LogP contribution in [0.4, 0.5) is 5.69 Å². The molecule has 0 spiro atoms. The number of aromatic amines is 1. The van der Waals surface area contributed by atoms with Crippen LogP contribution in [0.15, 0.2) is 35.2 Å². The normalized spacial score (nSPS) is 10.7. The molecule has 19 heavy (non-hydrogen) atoms. The average molecular weight is 257 g/mol. The molecule has 0 bridgehead atoms. The Labute approximate surface area is 107 Å². The van der Waals surface area contributed by atoms with E-state index in [1.165, 1.54) is 6.39 Å². The summed E-state index contributed by atoms with van der Waals surface area (Å²) in [5, 5.41) is 7.19. The zero-order valence-corrected chi connectivity index (χ0v) is 9.88. The predicted molar refractivity (Wildman–Crippen MR) is 68.2 cm³/mol. The van der Waals surface area contributed by atoms with Crippen LogP contribution in [-0.2, 0) is 6.54 Å². The van der Waals surface area contributed by atoms with Gasteiger partial charge in [-0.05, 0) is 12.1 Å². The summed E-state index contributed by atoms with van der Waals surface area (Å²) < 4.78 is 4.58. The maximum Gasteiger partial charge on any atom is 0.268 e. The van der Waals surface area contributed by atoms with Crippen molar-refractivity contribution in [2.75, 3.05) is 5.73 Å². The van der Waals surface area contributed by atoms with Crippen molar-refractivity contribution >= 4 is 22.5 Å². The molecule has 2 aromatic heterocycles. The molecule has 3 aromatic rings. The van der Waals surface area contributed by atoms with Crippen molar-refractivity contribution in [3.05, 3.63) is 42.2 Å². The van der Waals surface area contributed by atoms with Gasteiger partial charge in [0, 0.05) is 5.39 Å². The lowest BCUT2D eigenvalue weighted by Crippen LogP contribution is -2.23. The third-order valence-corrected chi connectivity index (χ3v) is 2.75. The highest BCUT2D eigenvalue weighted by atomic mass is 16.5. The van der Waals surface area contributed by atoms with Gasteiger partial charge in [0.25, 0.3) is 5.91 Å². The molecule has 3 rings (SSSR count). The van der Waals surface area contributed by atoms with Crippen LogP contribution in [0.2, 0.25) is 0 Å². The lowest BCUT2D eigenvalue weighted by atomic mass is 10.2. The molecule has 2 heterocycles. The number of amides is 1. The summed E-state index contributed by atoms with van der Waals surface area (Å²) in [6, 6.07) is 7.25. The van der Waals surface area contributed by atoms with E-state index in [1.807, 2.05) is 12.1 Å². The smallest absolute Gasteiger partial charge is 0.268 e. The molecule has 7 heteroatoms. The SMILES string of the molecule is Nc1cccc2cc(C(=O)NCc3ncon3)[nH]c12. The quantitative estimate of drug-likeness (QED) is 0.608. The Kier molecular flexibility index (Phi) is 2.64. The Morgan fingerprint density at radius 3 is 3.11 bits per heavy atom. The number of carbonyl (C=O) groups is 1. The Bertz CT molecular complexity index is 717. The molecule has 0 atom stereocenters. The first-order chi connectivity index (χ1) is 9.24. The lowest BCUT2D eigenvalue weighted by Gasteiger charge is -1.99. The number of nitrogen functional groups attached to an aromatic ring is 1. The van der Waals surface area contributed by atoms with E-state index in [1.54, 1.807) is 12.1 Å². The molecular weight excluding hydrogens is 246 g/mol. The molecule has 1 aromatic carbocycles. The average Bonchev–Trinajstić information content (AvgIpc) is 3.05. The number of aromatic nitrogens is 3. The molecule has 0 saturated carbocycles. The monoisotopic (exact) mass is 257 g/mol. The maximum absolute atomic E-state index is 12.0. The lowest BCUT2D eigenvalue weighted by molar-refractivity contribution is 0.0945. The van der Waals surface area contributed by atoms with E-state index < -0.39 is 0 Å². The zero-order valence-electron chi connectivity index (χ0n) is 9.88. The number of hydrogen-bond donors (Lipinski definition) is 3. The van der Waals surface area contributed by atoms with Crippen LogP contribution in [0, 0.1) is 0 Å². The zero-order chi connectivity index (χ0) is 13.2. The summed E-state index contributed by atoms with van der Waals surface area (Å²) in [6.07, 6.45) is 1.21. The Balaban J connectivity index is 1.80. The highest BCUT2D eigenvalue weighted by molar-refractivity contribution is 6.00. The highest BCUT2D eigenvalue weighted by Gasteiger charge is 2.11. The van der Waals surface area contributed by atoms with Gasteiger partial charge in [-0.25, -0.2) is 0 Å². The summed E-state index contributed by atoms with van der Waals surface area (Å²) in [4.78, 5) is 18.8. The third kappa shape index (κ3) is 2.13. The van der Waals surface area contributed by atoms with Gasteiger partial charge in [-0.2, -0.15) is 4.98 Å². The van der Waals surface area contributed by atoms with Crippen molar-refractivity contribution < 1.29 is 9.32 Å². The molecule has 0 radical (unpaired) electrons. The van der Waals surface area contributed by atoms with E-state index in [4.69, 9.17) is 5.73 Å². The van der Waals surface area contributed by atoms with E-state index >= 15 is 0 Å². The number of nitrogens with one attached hydrogen (secondary N) is 2. The Hall–Kier alpha value is -2.83. The van der Waals surface area contributed by atoms with Gasteiger partial charge in [0.15, 0.2) is 5.82 Å². The number of carbonyl (C=O) groups excluding carboxylic acids is 1. The number of nitrogens with two attached hydrogens (primary N) is 1. The van der Waals surface area contributed by atoms with E-state index in [2.05, 4.69) is 25.0 Å². The summed E-state index contributed by atoms with van der Waals surface area (Å²) in [7, 11) is 0. The molecule has 0 fully saturated rings. The van der Waals surface area contributed by atoms with Crippen LogP contribution in [0.25, 0.3) is 10.9 Å². The molecular formula is C12H11N5O2. The molecule has 0 unspecified atom stereocenters. The van der Waals surface area contributed by atoms with Crippen LogP contribution in [0.1, 0.15) is 16.3 Å². The van der Waals surface area contributed by atoms with Gasteiger partial charge in [-0.3, -0.25) is 4.79 Å². The van der Waals surface area contributed by atoms with Gasteiger partial charge < -0.3 is 20.6 Å². The summed E-state index contributed by atoms with van der Waals surface area (Å²) >= 11 is 0. The van der Waals surface area contributed by atoms with Gasteiger partial charge in [0.2, 0.25) is 6.39 Å². The van der Waals surface area contributed by atoms with Gasteiger partial charge in [-0.15, -0.1) is 0 Å². The standard InChI is InChI=1S/C12H11N5O2/c13-8-3-1-2-7-4-9(16-11(7)8)12(18)14-5-10-15-6-19-17-10/h1-4,6,16H,5,13H2,(H,14,18). The first-order valence-corrected chi connectivity index (χ1v) is 5.64. The summed E-state index contributed by atoms with van der Waals surface area (Å²) in [6.45, 7) is 0.209. The number of benzene rings is 1. The number of para-hydroxylation sites is 1. The molecule has 4 N–H and O–H groups in total. The van der Waals surface area contributed by atoms with Gasteiger partial charge in [0.05, 0.1) is 17.7 Å². The minimum atomic E-state index is -0.250. The summed E-state index contributed by atoms with van der Waals surface area (Å²) in [5.41, 5.74) is 7.63. The second-order valence-corrected chi connectivity index (χ2v) is 4.02. The van der Waals surface area contributed by atoms with Crippen LogP contribution >= 0.6 is 0 Å². The largest absolute Gasteiger partial charge is 0.397 e. The molecule has 0 aliphatic carbocycles. The Morgan fingerprint density at radius 1 is 1.47 bits per heavy atom. The van der Waals surface area contributed by atoms with Crippen molar-refractivity contribution in [3.63, 3.8) is 0 Å². The fourth-order valence-electron chi connectivity index (χ4n) is 1.83. The fourth-order valence-corrected chi connectivity index (χ4v) is 1.83. The molecule has 96 valence electrons. The van der Waals surface area contributed by atoms with Crippen LogP contribution in [0.5, 0.6) is 0 Å².